The molecule has 1 N–H and O–H groups in total. The van der Waals surface area contributed by atoms with E-state index in [2.05, 4.69) is 60.7 Å². The fourth-order valence-corrected chi connectivity index (χ4v) is 3.22. The second-order valence-electron chi connectivity index (χ2n) is 5.37. The first-order valence-corrected chi connectivity index (χ1v) is 8.25. The van der Waals surface area contributed by atoms with Gasteiger partial charge in [0.05, 0.1) is 5.01 Å². The molecule has 1 atom stereocenters. The zero-order chi connectivity index (χ0) is 14.4. The number of aryl methyl sites for hydroxylation is 3. The molecule has 0 fully saturated rings. The molecule has 1 heterocycles. The van der Waals surface area contributed by atoms with Gasteiger partial charge >= 0.3 is 0 Å². The van der Waals surface area contributed by atoms with Gasteiger partial charge in [-0.2, -0.15) is 0 Å². The Morgan fingerprint density at radius 3 is 2.55 bits per heavy atom. The Morgan fingerprint density at radius 2 is 1.95 bits per heavy atom. The molecule has 0 saturated heterocycles. The van der Waals surface area contributed by atoms with E-state index in [0.29, 0.717) is 6.04 Å². The molecule has 108 valence electrons. The molecule has 0 aliphatic rings. The van der Waals surface area contributed by atoms with E-state index in [9.17, 15) is 0 Å². The van der Waals surface area contributed by atoms with Crippen LogP contribution in [0.3, 0.4) is 0 Å². The highest BCUT2D eigenvalue weighted by Gasteiger charge is 2.11. The lowest BCUT2D eigenvalue weighted by Gasteiger charge is -2.16. The second kappa shape index (κ2) is 7.55. The number of benzene rings is 1. The molecule has 0 aliphatic heterocycles. The lowest BCUT2D eigenvalue weighted by molar-refractivity contribution is 0.490. The van der Waals surface area contributed by atoms with Crippen molar-refractivity contribution in [1.82, 2.24) is 10.3 Å². The first-order chi connectivity index (χ1) is 9.67. The quantitative estimate of drug-likeness (QED) is 0.835. The average molecular weight is 288 g/mol. The SMILES string of the molecule is CCNC(CCc1ccc(C)cc1)Cc1nc(C)cs1. The van der Waals surface area contributed by atoms with Gasteiger partial charge in [0.25, 0.3) is 0 Å². The summed E-state index contributed by atoms with van der Waals surface area (Å²) in [5, 5.41) is 6.97. The lowest BCUT2D eigenvalue weighted by Crippen LogP contribution is -2.31. The highest BCUT2D eigenvalue weighted by molar-refractivity contribution is 7.09. The number of aromatic nitrogens is 1. The Labute approximate surface area is 126 Å². The van der Waals surface area contributed by atoms with E-state index >= 15 is 0 Å². The molecule has 0 amide bonds. The number of likely N-dealkylation sites (N-methyl/N-ethyl adjacent to an activating group) is 1. The van der Waals surface area contributed by atoms with E-state index in [4.69, 9.17) is 0 Å². The van der Waals surface area contributed by atoms with Crippen LogP contribution in [0.4, 0.5) is 0 Å². The van der Waals surface area contributed by atoms with E-state index in [-0.39, 0.29) is 0 Å². The van der Waals surface area contributed by atoms with Crippen LogP contribution in [-0.2, 0) is 12.8 Å². The number of hydrogen-bond acceptors (Lipinski definition) is 3. The largest absolute Gasteiger partial charge is 0.314 e. The normalized spacial score (nSPS) is 12.6. The Balaban J connectivity index is 1.90. The van der Waals surface area contributed by atoms with Crippen LogP contribution in [0.2, 0.25) is 0 Å². The highest BCUT2D eigenvalue weighted by Crippen LogP contribution is 2.14. The van der Waals surface area contributed by atoms with Crippen LogP contribution in [-0.4, -0.2) is 17.6 Å². The van der Waals surface area contributed by atoms with Gasteiger partial charge in [0.1, 0.15) is 0 Å². The predicted molar refractivity (Wildman–Crippen MR) is 87.5 cm³/mol. The fraction of sp³-hybridized carbons (Fsp3) is 0.471. The fourth-order valence-electron chi connectivity index (χ4n) is 2.37. The summed E-state index contributed by atoms with van der Waals surface area (Å²) < 4.78 is 0. The van der Waals surface area contributed by atoms with Crippen LogP contribution in [0.15, 0.2) is 29.6 Å². The van der Waals surface area contributed by atoms with Crippen molar-refractivity contribution in [2.24, 2.45) is 0 Å². The van der Waals surface area contributed by atoms with Gasteiger partial charge in [0.15, 0.2) is 0 Å². The molecule has 2 nitrogen and oxygen atoms in total. The Kier molecular flexibility index (Phi) is 5.74. The first-order valence-electron chi connectivity index (χ1n) is 7.37. The molecule has 3 heteroatoms. The third-order valence-corrected chi connectivity index (χ3v) is 4.47. The van der Waals surface area contributed by atoms with Gasteiger partial charge in [-0.3, -0.25) is 0 Å². The molecule has 0 radical (unpaired) electrons. The minimum Gasteiger partial charge on any atom is -0.314 e. The molecule has 2 rings (SSSR count). The summed E-state index contributed by atoms with van der Waals surface area (Å²) in [4.78, 5) is 4.58. The van der Waals surface area contributed by atoms with E-state index in [1.165, 1.54) is 16.1 Å². The van der Waals surface area contributed by atoms with E-state index < -0.39 is 0 Å². The minimum absolute atomic E-state index is 0.520. The van der Waals surface area contributed by atoms with Gasteiger partial charge < -0.3 is 5.32 Å². The smallest absolute Gasteiger partial charge is 0.0943 e. The highest BCUT2D eigenvalue weighted by atomic mass is 32.1. The number of hydrogen-bond donors (Lipinski definition) is 1. The maximum absolute atomic E-state index is 4.58. The molecule has 0 bridgehead atoms. The Hall–Kier alpha value is -1.19. The Bertz CT molecular complexity index is 516. The van der Waals surface area contributed by atoms with Crippen molar-refractivity contribution in [1.29, 1.82) is 0 Å². The van der Waals surface area contributed by atoms with Crippen LogP contribution in [0.5, 0.6) is 0 Å². The summed E-state index contributed by atoms with van der Waals surface area (Å²) in [6, 6.07) is 9.40. The van der Waals surface area contributed by atoms with Crippen molar-refractivity contribution in [3.63, 3.8) is 0 Å². The molecule has 1 aromatic heterocycles. The predicted octanol–water partition coefficient (Wildman–Crippen LogP) is 3.91. The van der Waals surface area contributed by atoms with Gasteiger partial charge in [-0.1, -0.05) is 36.8 Å². The summed E-state index contributed by atoms with van der Waals surface area (Å²) >= 11 is 1.78. The molecule has 0 saturated carbocycles. The van der Waals surface area contributed by atoms with Crippen molar-refractivity contribution < 1.29 is 0 Å². The lowest BCUT2D eigenvalue weighted by atomic mass is 10.0. The van der Waals surface area contributed by atoms with E-state index in [1.807, 2.05) is 0 Å². The summed E-state index contributed by atoms with van der Waals surface area (Å²) in [5.74, 6) is 0. The molecule has 1 unspecified atom stereocenters. The number of nitrogens with one attached hydrogen (secondary N) is 1. The van der Waals surface area contributed by atoms with Crippen LogP contribution < -0.4 is 5.32 Å². The van der Waals surface area contributed by atoms with Crippen molar-refractivity contribution >= 4 is 11.3 Å². The molecule has 0 spiro atoms. The average Bonchev–Trinajstić information content (AvgIpc) is 2.83. The molecule has 20 heavy (non-hydrogen) atoms. The summed E-state index contributed by atoms with van der Waals surface area (Å²) in [5.41, 5.74) is 3.89. The van der Waals surface area contributed by atoms with Gasteiger partial charge in [-0.05, 0) is 38.8 Å². The summed E-state index contributed by atoms with van der Waals surface area (Å²) in [7, 11) is 0. The van der Waals surface area contributed by atoms with Crippen LogP contribution >= 0.6 is 11.3 Å². The minimum atomic E-state index is 0.520. The molecular weight excluding hydrogens is 264 g/mol. The zero-order valence-electron chi connectivity index (χ0n) is 12.6. The molecule has 1 aromatic carbocycles. The number of thiazole rings is 1. The van der Waals surface area contributed by atoms with Gasteiger partial charge in [-0.15, -0.1) is 11.3 Å². The topological polar surface area (TPSA) is 24.9 Å². The molecule has 2 aromatic rings. The van der Waals surface area contributed by atoms with E-state index in [1.54, 1.807) is 11.3 Å². The maximum atomic E-state index is 4.58. The van der Waals surface area contributed by atoms with Crippen molar-refractivity contribution in [2.75, 3.05) is 6.54 Å². The van der Waals surface area contributed by atoms with E-state index in [0.717, 1.165) is 31.5 Å². The first kappa shape index (κ1) is 15.2. The molecule has 0 aliphatic carbocycles. The third kappa shape index (κ3) is 4.73. The van der Waals surface area contributed by atoms with Crippen LogP contribution in [0.25, 0.3) is 0 Å². The van der Waals surface area contributed by atoms with Crippen molar-refractivity contribution in [2.45, 2.75) is 46.1 Å². The standard InChI is InChI=1S/C17H24N2S/c1-4-18-16(11-17-19-14(3)12-20-17)10-9-15-7-5-13(2)6-8-15/h5-8,12,16,18H,4,9-11H2,1-3H3. The van der Waals surface area contributed by atoms with Gasteiger partial charge in [0, 0.05) is 23.5 Å². The van der Waals surface area contributed by atoms with Crippen molar-refractivity contribution in [3.8, 4) is 0 Å². The Morgan fingerprint density at radius 1 is 1.20 bits per heavy atom. The molecular formula is C17H24N2S. The summed E-state index contributed by atoms with van der Waals surface area (Å²) in [6.07, 6.45) is 3.33. The maximum Gasteiger partial charge on any atom is 0.0943 e. The number of rotatable bonds is 7. The van der Waals surface area contributed by atoms with Gasteiger partial charge in [-0.25, -0.2) is 4.98 Å². The summed E-state index contributed by atoms with van der Waals surface area (Å²) in [6.45, 7) is 7.39. The monoisotopic (exact) mass is 288 g/mol. The zero-order valence-corrected chi connectivity index (χ0v) is 13.5. The second-order valence-corrected chi connectivity index (χ2v) is 6.31. The van der Waals surface area contributed by atoms with Crippen LogP contribution in [0, 0.1) is 13.8 Å². The number of nitrogens with zero attached hydrogens (tertiary/aromatic N) is 1. The van der Waals surface area contributed by atoms with Crippen LogP contribution in [0.1, 0.15) is 35.2 Å². The van der Waals surface area contributed by atoms with Gasteiger partial charge in [0.2, 0.25) is 0 Å². The van der Waals surface area contributed by atoms with Crippen molar-refractivity contribution in [3.05, 3.63) is 51.5 Å². The third-order valence-electron chi connectivity index (χ3n) is 3.48.